The van der Waals surface area contributed by atoms with Gasteiger partial charge in [0.15, 0.2) is 0 Å². The Bertz CT molecular complexity index is 590. The average molecular weight is 264 g/mol. The number of aromatic amines is 1. The highest BCUT2D eigenvalue weighted by atomic mass is 32.1. The lowest BCUT2D eigenvalue weighted by molar-refractivity contribution is 0.0523. The van der Waals surface area contributed by atoms with E-state index in [2.05, 4.69) is 9.97 Å². The quantitative estimate of drug-likeness (QED) is 0.851. The van der Waals surface area contributed by atoms with Gasteiger partial charge < -0.3 is 9.72 Å². The van der Waals surface area contributed by atoms with Crippen molar-refractivity contribution in [2.24, 2.45) is 0 Å². The van der Waals surface area contributed by atoms with Gasteiger partial charge in [-0.1, -0.05) is 6.07 Å². The van der Waals surface area contributed by atoms with Gasteiger partial charge in [-0.2, -0.15) is 0 Å². The first-order chi connectivity index (χ1) is 8.70. The molecule has 6 heteroatoms. The van der Waals surface area contributed by atoms with Crippen molar-refractivity contribution in [3.05, 3.63) is 50.3 Å². The summed E-state index contributed by atoms with van der Waals surface area (Å²) in [5, 5.41) is 1.96. The van der Waals surface area contributed by atoms with Crippen molar-refractivity contribution in [2.45, 2.75) is 13.3 Å². The SMILES string of the molecule is CCOC(=O)c1cnc(Cc2cccs2)[nH]c1=O. The van der Waals surface area contributed by atoms with Crippen LogP contribution in [0.4, 0.5) is 0 Å². The van der Waals surface area contributed by atoms with Crippen LogP contribution in [0.25, 0.3) is 0 Å². The van der Waals surface area contributed by atoms with Crippen LogP contribution in [0.1, 0.15) is 28.0 Å². The van der Waals surface area contributed by atoms with E-state index >= 15 is 0 Å². The van der Waals surface area contributed by atoms with Crippen LogP contribution >= 0.6 is 11.3 Å². The molecule has 0 spiro atoms. The molecule has 0 atom stereocenters. The molecule has 0 saturated heterocycles. The molecule has 0 amide bonds. The molecular formula is C12H12N2O3S. The van der Waals surface area contributed by atoms with Crippen molar-refractivity contribution in [3.63, 3.8) is 0 Å². The maximum atomic E-state index is 11.7. The van der Waals surface area contributed by atoms with Gasteiger partial charge >= 0.3 is 5.97 Å². The summed E-state index contributed by atoms with van der Waals surface area (Å²) in [6.07, 6.45) is 1.82. The summed E-state index contributed by atoms with van der Waals surface area (Å²) in [5.41, 5.74) is -0.526. The number of hydrogen-bond donors (Lipinski definition) is 1. The molecule has 18 heavy (non-hydrogen) atoms. The minimum Gasteiger partial charge on any atom is -0.462 e. The molecule has 0 bridgehead atoms. The maximum Gasteiger partial charge on any atom is 0.345 e. The molecule has 0 fully saturated rings. The number of carbonyl (C=O) groups is 1. The molecule has 0 saturated carbocycles. The van der Waals surface area contributed by atoms with Crippen LogP contribution in [-0.2, 0) is 11.2 Å². The summed E-state index contributed by atoms with van der Waals surface area (Å²) in [6, 6.07) is 3.90. The molecule has 94 valence electrons. The van der Waals surface area contributed by atoms with Gasteiger partial charge in [-0.05, 0) is 18.4 Å². The molecule has 0 aliphatic rings. The molecule has 0 aliphatic heterocycles. The maximum absolute atomic E-state index is 11.7. The van der Waals surface area contributed by atoms with E-state index in [0.717, 1.165) is 4.88 Å². The second kappa shape index (κ2) is 5.59. The number of esters is 1. The highest BCUT2D eigenvalue weighted by molar-refractivity contribution is 7.09. The lowest BCUT2D eigenvalue weighted by Crippen LogP contribution is -2.22. The third-order valence-corrected chi connectivity index (χ3v) is 3.15. The van der Waals surface area contributed by atoms with Crippen molar-refractivity contribution in [3.8, 4) is 0 Å². The number of rotatable bonds is 4. The third kappa shape index (κ3) is 2.84. The normalized spacial score (nSPS) is 10.3. The molecule has 0 radical (unpaired) electrons. The number of carbonyl (C=O) groups excluding carboxylic acids is 1. The predicted molar refractivity (Wildman–Crippen MR) is 67.9 cm³/mol. The van der Waals surface area contributed by atoms with Crippen molar-refractivity contribution in [1.29, 1.82) is 0 Å². The Morgan fingerprint density at radius 1 is 1.56 bits per heavy atom. The first-order valence-electron chi connectivity index (χ1n) is 5.48. The zero-order valence-electron chi connectivity index (χ0n) is 9.80. The van der Waals surface area contributed by atoms with Crippen LogP contribution in [0.3, 0.4) is 0 Å². The molecule has 0 unspecified atom stereocenters. The van der Waals surface area contributed by atoms with Crippen LogP contribution in [-0.4, -0.2) is 22.5 Å². The summed E-state index contributed by atoms with van der Waals surface area (Å²) in [6.45, 7) is 1.92. The Morgan fingerprint density at radius 2 is 2.39 bits per heavy atom. The summed E-state index contributed by atoms with van der Waals surface area (Å²) < 4.78 is 4.76. The fourth-order valence-corrected chi connectivity index (χ4v) is 2.16. The monoisotopic (exact) mass is 264 g/mol. The van der Waals surface area contributed by atoms with E-state index in [1.807, 2.05) is 17.5 Å². The topological polar surface area (TPSA) is 72.0 Å². The van der Waals surface area contributed by atoms with Gasteiger partial charge in [0, 0.05) is 17.5 Å². The summed E-state index contributed by atoms with van der Waals surface area (Å²) >= 11 is 1.59. The van der Waals surface area contributed by atoms with E-state index in [4.69, 9.17) is 4.74 Å². The highest BCUT2D eigenvalue weighted by Gasteiger charge is 2.12. The fraction of sp³-hybridized carbons (Fsp3) is 0.250. The van der Waals surface area contributed by atoms with E-state index in [9.17, 15) is 9.59 Å². The number of nitrogens with zero attached hydrogens (tertiary/aromatic N) is 1. The fourth-order valence-electron chi connectivity index (χ4n) is 1.45. The van der Waals surface area contributed by atoms with E-state index in [1.54, 1.807) is 18.3 Å². The van der Waals surface area contributed by atoms with Crippen LogP contribution in [0.5, 0.6) is 0 Å². The van der Waals surface area contributed by atoms with Gasteiger partial charge in [0.25, 0.3) is 5.56 Å². The number of ether oxygens (including phenoxy) is 1. The zero-order chi connectivity index (χ0) is 13.0. The van der Waals surface area contributed by atoms with E-state index in [-0.39, 0.29) is 12.2 Å². The summed E-state index contributed by atoms with van der Waals surface area (Å²) in [7, 11) is 0. The second-order valence-corrected chi connectivity index (χ2v) is 4.58. The molecule has 5 nitrogen and oxygen atoms in total. The Balaban J connectivity index is 2.20. The molecule has 0 aromatic carbocycles. The summed E-state index contributed by atoms with van der Waals surface area (Å²) in [5.74, 6) is -0.107. The first kappa shape index (κ1) is 12.5. The summed E-state index contributed by atoms with van der Waals surface area (Å²) in [4.78, 5) is 30.9. The van der Waals surface area contributed by atoms with Crippen LogP contribution in [0.15, 0.2) is 28.5 Å². The van der Waals surface area contributed by atoms with Crippen molar-refractivity contribution < 1.29 is 9.53 Å². The van der Waals surface area contributed by atoms with Crippen molar-refractivity contribution in [2.75, 3.05) is 6.61 Å². The van der Waals surface area contributed by atoms with Gasteiger partial charge in [0.05, 0.1) is 6.61 Å². The standard InChI is InChI=1S/C12H12N2O3S/c1-2-17-12(16)9-7-13-10(14-11(9)15)6-8-4-3-5-18-8/h3-5,7H,2,6H2,1H3,(H,13,14,15). The first-order valence-corrected chi connectivity index (χ1v) is 6.36. The largest absolute Gasteiger partial charge is 0.462 e. The van der Waals surface area contributed by atoms with Gasteiger partial charge in [-0.15, -0.1) is 11.3 Å². The van der Waals surface area contributed by atoms with Crippen LogP contribution in [0, 0.1) is 0 Å². The van der Waals surface area contributed by atoms with Gasteiger partial charge in [-0.25, -0.2) is 9.78 Å². The lowest BCUT2D eigenvalue weighted by Gasteiger charge is -2.02. The minimum atomic E-state index is -0.645. The van der Waals surface area contributed by atoms with E-state index < -0.39 is 11.5 Å². The Labute approximate surface area is 107 Å². The molecule has 2 rings (SSSR count). The number of nitrogens with one attached hydrogen (secondary N) is 1. The smallest absolute Gasteiger partial charge is 0.345 e. The molecule has 1 N–H and O–H groups in total. The van der Waals surface area contributed by atoms with Crippen molar-refractivity contribution >= 4 is 17.3 Å². The lowest BCUT2D eigenvalue weighted by atomic mass is 10.3. The number of H-pyrrole nitrogens is 1. The van der Waals surface area contributed by atoms with Gasteiger partial charge in [0.1, 0.15) is 11.4 Å². The highest BCUT2D eigenvalue weighted by Crippen LogP contribution is 2.11. The molecular weight excluding hydrogens is 252 g/mol. The van der Waals surface area contributed by atoms with Crippen LogP contribution in [0.2, 0.25) is 0 Å². The van der Waals surface area contributed by atoms with Gasteiger partial charge in [-0.3, -0.25) is 4.79 Å². The van der Waals surface area contributed by atoms with Crippen molar-refractivity contribution in [1.82, 2.24) is 9.97 Å². The molecule has 2 heterocycles. The molecule has 2 aromatic rings. The van der Waals surface area contributed by atoms with Gasteiger partial charge in [0.2, 0.25) is 0 Å². The Hall–Kier alpha value is -1.95. The molecule has 2 aromatic heterocycles. The van der Waals surface area contributed by atoms with E-state index in [0.29, 0.717) is 12.2 Å². The average Bonchev–Trinajstić information content (AvgIpc) is 2.82. The van der Waals surface area contributed by atoms with Crippen LogP contribution < -0.4 is 5.56 Å². The molecule has 0 aliphatic carbocycles. The third-order valence-electron chi connectivity index (χ3n) is 2.27. The second-order valence-electron chi connectivity index (χ2n) is 3.55. The minimum absolute atomic E-state index is 0.0632. The Kier molecular flexibility index (Phi) is 3.88. The zero-order valence-corrected chi connectivity index (χ0v) is 10.6. The number of thiophene rings is 1. The van der Waals surface area contributed by atoms with E-state index in [1.165, 1.54) is 6.20 Å². The predicted octanol–water partition coefficient (Wildman–Crippen LogP) is 1.60. The number of hydrogen-bond acceptors (Lipinski definition) is 5. The number of aromatic nitrogens is 2. The Morgan fingerprint density at radius 3 is 3.00 bits per heavy atom.